The van der Waals surface area contributed by atoms with Crippen molar-refractivity contribution < 1.29 is 90.7 Å². The van der Waals surface area contributed by atoms with Crippen LogP contribution in [0.5, 0.6) is 17.2 Å². The number of fused-ring (bicyclic) bond motifs is 5. The molecule has 508 valence electrons. The van der Waals surface area contributed by atoms with Crippen LogP contribution < -0.4 is 19.5 Å². The highest BCUT2D eigenvalue weighted by atomic mass is 16.7. The normalized spacial score (nSPS) is 18.5. The van der Waals surface area contributed by atoms with Gasteiger partial charge in [-0.2, -0.15) is 0 Å². The first-order valence-corrected chi connectivity index (χ1v) is 32.4. The Balaban J connectivity index is 1.08. The molecular formula is C69H93N5O19. The van der Waals surface area contributed by atoms with Gasteiger partial charge in [0.1, 0.15) is 32.2 Å². The van der Waals surface area contributed by atoms with E-state index in [2.05, 4.69) is 46.0 Å². The smallest absolute Gasteiger partial charge is 0.333 e. The Morgan fingerprint density at radius 2 is 1.13 bits per heavy atom. The quantitative estimate of drug-likeness (QED) is 0.0351. The number of hydroxylamine groups is 2. The molecule has 1 aromatic rings. The van der Waals surface area contributed by atoms with E-state index in [0.29, 0.717) is 143 Å². The number of rotatable bonds is 42. The number of hydrogen-bond donors (Lipinski definition) is 2. The number of carbonyl (C=O) groups excluding carboxylic acids is 4. The molecule has 6 aliphatic heterocycles. The summed E-state index contributed by atoms with van der Waals surface area (Å²) in [6.45, 7) is 18.4. The Kier molecular flexibility index (Phi) is 28.2. The van der Waals surface area contributed by atoms with Crippen LogP contribution >= 0.6 is 0 Å². The summed E-state index contributed by atoms with van der Waals surface area (Å²) in [5.41, 5.74) is 14.1. The molecule has 0 spiro atoms. The van der Waals surface area contributed by atoms with Gasteiger partial charge in [-0.15, -0.1) is 5.06 Å². The first-order valence-electron chi connectivity index (χ1n) is 32.4. The van der Waals surface area contributed by atoms with Gasteiger partial charge in [0.25, 0.3) is 11.8 Å². The Bertz CT molecular complexity index is 3180. The number of aliphatic hydroxyl groups is 1. The number of esters is 1. The fraction of sp³-hybridized carbons (Fsp3) is 0.580. The lowest BCUT2D eigenvalue weighted by Gasteiger charge is -2.20. The number of methoxy groups -OCH3 is 3. The molecule has 2 fully saturated rings. The average molecular weight is 1300 g/mol. The molecule has 2 amide bonds. The van der Waals surface area contributed by atoms with E-state index in [0.717, 1.165) is 79.6 Å². The summed E-state index contributed by atoms with van der Waals surface area (Å²) in [6.07, 6.45) is 6.54. The number of allylic oxidation sites excluding steroid dienone is 12. The van der Waals surface area contributed by atoms with Crippen molar-refractivity contribution in [3.05, 3.63) is 109 Å². The zero-order valence-corrected chi connectivity index (χ0v) is 55.6. The Morgan fingerprint density at radius 1 is 0.602 bits per heavy atom. The minimum atomic E-state index is -0.703. The molecule has 24 heteroatoms. The van der Waals surface area contributed by atoms with Gasteiger partial charge in [-0.05, 0) is 116 Å². The maximum atomic E-state index is 14.4. The standard InChI is InChI=1S/C69H93N5O19/c1-10-48-43(3)53-40-56-49(11-2)44(4)65(72-56)51(13-12-14-63(79)93-74-60(76)16-17-61(74)77)66-45(5)50(67(73-66)52-39-57(75)64-46(6)54(71-68(52)64)41-55(48)70-53)15-18-62(78)92-42-47-37-58(89-34-31-86-28-25-83-22-19-80-7)69(91-36-33-88-30-27-85-24-21-82-9)59(38-47)90-35-32-87-29-26-84-23-20-81-8/h37-38,40-41,45,50,73,75H,10-36,39,42H2,1-9H3/t45-,50-/m0/s1. The van der Waals surface area contributed by atoms with Gasteiger partial charge in [-0.1, -0.05) is 20.8 Å². The van der Waals surface area contributed by atoms with Crippen molar-refractivity contribution >= 4 is 40.9 Å². The van der Waals surface area contributed by atoms with Gasteiger partial charge in [-0.25, -0.2) is 19.8 Å². The van der Waals surface area contributed by atoms with E-state index in [1.807, 2.05) is 13.0 Å². The predicted octanol–water partition coefficient (Wildman–Crippen LogP) is 8.91. The van der Waals surface area contributed by atoms with Gasteiger partial charge >= 0.3 is 11.9 Å². The number of imide groups is 1. The van der Waals surface area contributed by atoms with Crippen LogP contribution in [0.3, 0.4) is 0 Å². The van der Waals surface area contributed by atoms with Gasteiger partial charge in [0.2, 0.25) is 5.75 Å². The van der Waals surface area contributed by atoms with Crippen LogP contribution in [0.1, 0.15) is 111 Å². The number of ether oxygens (including phenoxy) is 13. The number of benzene rings is 1. The lowest BCUT2D eigenvalue weighted by Crippen LogP contribution is -2.32. The van der Waals surface area contributed by atoms with E-state index in [4.69, 9.17) is 81.4 Å². The van der Waals surface area contributed by atoms with E-state index in [-0.39, 0.29) is 102 Å². The van der Waals surface area contributed by atoms with Crippen molar-refractivity contribution in [2.24, 2.45) is 26.8 Å². The molecule has 0 saturated carbocycles. The summed E-state index contributed by atoms with van der Waals surface area (Å²) < 4.78 is 74.5. The van der Waals surface area contributed by atoms with Crippen molar-refractivity contribution in [3.63, 3.8) is 0 Å². The first-order chi connectivity index (χ1) is 45.2. The van der Waals surface area contributed by atoms with Gasteiger partial charge in [-0.3, -0.25) is 14.4 Å². The molecule has 8 rings (SSSR count). The summed E-state index contributed by atoms with van der Waals surface area (Å²) in [5, 5.41) is 16.4. The third-order valence-corrected chi connectivity index (χ3v) is 16.8. The number of hydrogen-bond acceptors (Lipinski definition) is 23. The Morgan fingerprint density at radius 3 is 1.69 bits per heavy atom. The lowest BCUT2D eigenvalue weighted by molar-refractivity contribution is -0.197. The molecule has 93 heavy (non-hydrogen) atoms. The molecule has 2 N–H and O–H groups in total. The van der Waals surface area contributed by atoms with Crippen molar-refractivity contribution in [1.29, 1.82) is 0 Å². The fourth-order valence-electron chi connectivity index (χ4n) is 11.9. The lowest BCUT2D eigenvalue weighted by atomic mass is 9.84. The van der Waals surface area contributed by atoms with Crippen molar-refractivity contribution in [2.75, 3.05) is 140 Å². The molecule has 0 aromatic heterocycles. The zero-order valence-electron chi connectivity index (χ0n) is 55.6. The summed E-state index contributed by atoms with van der Waals surface area (Å²) in [7, 11) is 4.84. The molecule has 0 radical (unpaired) electrons. The van der Waals surface area contributed by atoms with Crippen LogP contribution in [0, 0.1) is 11.8 Å². The molecule has 2 saturated heterocycles. The molecule has 1 aliphatic carbocycles. The molecule has 0 unspecified atom stereocenters. The maximum absolute atomic E-state index is 14.4. The van der Waals surface area contributed by atoms with E-state index in [1.54, 1.807) is 33.5 Å². The second-order valence-corrected chi connectivity index (χ2v) is 22.9. The van der Waals surface area contributed by atoms with Gasteiger partial charge < -0.3 is 76.8 Å². The molecule has 2 atom stereocenters. The summed E-state index contributed by atoms with van der Waals surface area (Å²) in [6, 6.07) is 3.51. The monoisotopic (exact) mass is 1300 g/mol. The van der Waals surface area contributed by atoms with Crippen molar-refractivity contribution in [2.45, 2.75) is 112 Å². The first kappa shape index (κ1) is 71.7. The molecule has 8 bridgehead atoms. The number of nitrogens with zero attached hydrogens (tertiary/aromatic N) is 4. The summed E-state index contributed by atoms with van der Waals surface area (Å²) in [4.78, 5) is 73.8. The van der Waals surface area contributed by atoms with E-state index in [1.165, 1.54) is 0 Å². The number of amides is 2. The van der Waals surface area contributed by atoms with Crippen LogP contribution in [0.25, 0.3) is 0 Å². The molecule has 6 heterocycles. The molecular weight excluding hydrogens is 1200 g/mol. The Labute approximate surface area is 545 Å². The highest BCUT2D eigenvalue weighted by Gasteiger charge is 2.43. The molecule has 7 aliphatic rings. The van der Waals surface area contributed by atoms with Gasteiger partial charge in [0.15, 0.2) is 11.5 Å². The topological polar surface area (TPSA) is 270 Å². The predicted molar refractivity (Wildman–Crippen MR) is 345 cm³/mol. The number of carbonyl (C=O) groups is 4. The maximum Gasteiger partial charge on any atom is 0.333 e. The van der Waals surface area contributed by atoms with Crippen LogP contribution in [-0.2, 0) is 78.0 Å². The number of aliphatic hydroxyl groups excluding tert-OH is 1. The van der Waals surface area contributed by atoms with Gasteiger partial charge in [0.05, 0.1) is 133 Å². The third-order valence-electron chi connectivity index (χ3n) is 16.8. The SMILES string of the molecule is CCC1=C(C)C2=NC1=CC1=C(C)C3=C(O)CC(=C4NC(=C(CCCC(=O)ON5C(=O)CCC5=O)C5=NC(=C2)C(CC)=C5C)[C@@H](C)[C@@H]4CCC(=O)OCc2cc(OCCOCCOCCOC)c(OCCOCCOCCOC)c(OCCOCCOCCOC)c2)C3=N1. The van der Waals surface area contributed by atoms with Crippen LogP contribution in [-0.4, -0.2) is 191 Å². The molecule has 24 nitrogen and oxygen atoms in total. The van der Waals surface area contributed by atoms with Crippen molar-refractivity contribution in [3.8, 4) is 17.2 Å². The van der Waals surface area contributed by atoms with Gasteiger partial charge in [0, 0.05) is 87.8 Å². The number of nitrogens with one attached hydrogen (secondary N) is 1. The van der Waals surface area contributed by atoms with Crippen LogP contribution in [0.4, 0.5) is 0 Å². The van der Waals surface area contributed by atoms with Crippen LogP contribution in [0.15, 0.2) is 118 Å². The minimum Gasteiger partial charge on any atom is -0.511 e. The highest BCUT2D eigenvalue weighted by molar-refractivity contribution is 6.21. The second-order valence-electron chi connectivity index (χ2n) is 22.9. The van der Waals surface area contributed by atoms with E-state index >= 15 is 0 Å². The molecule has 1 aromatic carbocycles. The van der Waals surface area contributed by atoms with Crippen molar-refractivity contribution in [1.82, 2.24) is 10.4 Å². The summed E-state index contributed by atoms with van der Waals surface area (Å²) in [5.74, 6) is -1.68. The number of aliphatic imine (C=N–C) groups is 3. The third kappa shape index (κ3) is 19.1. The van der Waals surface area contributed by atoms with E-state index in [9.17, 15) is 24.3 Å². The second kappa shape index (κ2) is 36.5. The Hall–Kier alpha value is -7.13. The summed E-state index contributed by atoms with van der Waals surface area (Å²) >= 11 is 0. The largest absolute Gasteiger partial charge is 0.511 e. The average Bonchev–Trinajstić information content (AvgIpc) is 1.59. The minimum absolute atomic E-state index is 0.00590. The van der Waals surface area contributed by atoms with Crippen LogP contribution in [0.2, 0.25) is 0 Å². The zero-order chi connectivity index (χ0) is 66.2. The fourth-order valence-corrected chi connectivity index (χ4v) is 11.9. The highest BCUT2D eigenvalue weighted by Crippen LogP contribution is 2.48. The van der Waals surface area contributed by atoms with E-state index < -0.39 is 23.8 Å².